The van der Waals surface area contributed by atoms with Crippen molar-refractivity contribution in [3.8, 4) is 5.88 Å². The zero-order valence-electron chi connectivity index (χ0n) is 14.0. The van der Waals surface area contributed by atoms with E-state index in [4.69, 9.17) is 4.74 Å². The predicted octanol–water partition coefficient (Wildman–Crippen LogP) is 1.15. The lowest BCUT2D eigenvalue weighted by Gasteiger charge is -2.17. The summed E-state index contributed by atoms with van der Waals surface area (Å²) in [7, 11) is 0. The highest BCUT2D eigenvalue weighted by atomic mass is 16.5. The number of rotatable bonds is 6. The minimum Gasteiger partial charge on any atom is -0.476 e. The van der Waals surface area contributed by atoms with E-state index >= 15 is 0 Å². The Bertz CT molecular complexity index is 779. The molecule has 3 rings (SSSR count). The molecular weight excluding hydrogens is 324 g/mol. The Morgan fingerprint density at radius 2 is 2.12 bits per heavy atom. The second-order valence-electron chi connectivity index (χ2n) is 5.75. The van der Waals surface area contributed by atoms with Crippen LogP contribution in [0.1, 0.15) is 29.0 Å². The zero-order valence-corrected chi connectivity index (χ0v) is 14.0. The van der Waals surface area contributed by atoms with Crippen molar-refractivity contribution in [2.45, 2.75) is 19.8 Å². The monoisotopic (exact) mass is 344 g/mol. The number of carbonyl (C=O) groups excluding carboxylic acids is 1. The van der Waals surface area contributed by atoms with Gasteiger partial charge >= 0.3 is 5.63 Å². The van der Waals surface area contributed by atoms with Crippen LogP contribution in [0.3, 0.4) is 0 Å². The Morgan fingerprint density at radius 3 is 2.84 bits per heavy atom. The largest absolute Gasteiger partial charge is 0.476 e. The maximum absolute atomic E-state index is 11.9. The normalized spacial score (nSPS) is 13.7. The molecule has 2 aromatic heterocycles. The van der Waals surface area contributed by atoms with Crippen LogP contribution in [0, 0.1) is 6.92 Å². The van der Waals surface area contributed by atoms with Crippen molar-refractivity contribution in [1.82, 2.24) is 15.3 Å². The molecule has 0 aliphatic carbocycles. The topological polar surface area (TPSA) is 97.6 Å². The number of carbonyl (C=O) groups is 1. The Kier molecular flexibility index (Phi) is 5.27. The fraction of sp³-hybridized carbons (Fsp3) is 0.412. The Labute approximate surface area is 144 Å². The van der Waals surface area contributed by atoms with E-state index in [9.17, 15) is 9.59 Å². The van der Waals surface area contributed by atoms with Crippen molar-refractivity contribution < 1.29 is 13.9 Å². The standard InChI is InChI=1S/C17H20N4O4/c1-12-19-14(21-7-2-3-8-21)10-15(20-12)24-9-6-18-17(23)13-4-5-16(22)25-11-13/h4-5,10-11H,2-3,6-9H2,1H3,(H,18,23). The minimum atomic E-state index is -0.493. The highest BCUT2D eigenvalue weighted by molar-refractivity contribution is 5.93. The summed E-state index contributed by atoms with van der Waals surface area (Å²) in [5.41, 5.74) is -0.207. The predicted molar refractivity (Wildman–Crippen MR) is 91.0 cm³/mol. The fourth-order valence-electron chi connectivity index (χ4n) is 2.62. The van der Waals surface area contributed by atoms with Crippen LogP contribution in [-0.4, -0.2) is 42.1 Å². The van der Waals surface area contributed by atoms with Crippen LogP contribution in [-0.2, 0) is 0 Å². The van der Waals surface area contributed by atoms with E-state index < -0.39 is 5.63 Å². The van der Waals surface area contributed by atoms with Crippen LogP contribution in [0.5, 0.6) is 5.88 Å². The van der Waals surface area contributed by atoms with Crippen molar-refractivity contribution in [1.29, 1.82) is 0 Å². The number of anilines is 1. The lowest BCUT2D eigenvalue weighted by molar-refractivity contribution is 0.0944. The summed E-state index contributed by atoms with van der Waals surface area (Å²) in [6, 6.07) is 4.44. The maximum atomic E-state index is 11.9. The van der Waals surface area contributed by atoms with Gasteiger partial charge in [0.25, 0.3) is 5.91 Å². The van der Waals surface area contributed by atoms with Gasteiger partial charge in [-0.2, -0.15) is 4.98 Å². The molecule has 132 valence electrons. The SMILES string of the molecule is Cc1nc(OCCNC(=O)c2ccc(=O)oc2)cc(N2CCCC2)n1. The Morgan fingerprint density at radius 1 is 1.32 bits per heavy atom. The molecule has 1 N–H and O–H groups in total. The van der Waals surface area contributed by atoms with Gasteiger partial charge in [-0.15, -0.1) is 0 Å². The molecule has 1 saturated heterocycles. The molecule has 1 aliphatic heterocycles. The molecule has 8 nitrogen and oxygen atoms in total. The number of amides is 1. The molecule has 1 aliphatic rings. The van der Waals surface area contributed by atoms with Gasteiger partial charge in [0.05, 0.1) is 12.1 Å². The van der Waals surface area contributed by atoms with Gasteiger partial charge in [0.2, 0.25) is 5.88 Å². The second kappa shape index (κ2) is 7.78. The van der Waals surface area contributed by atoms with E-state index in [1.807, 2.05) is 13.0 Å². The molecule has 0 bridgehead atoms. The first-order chi connectivity index (χ1) is 12.1. The van der Waals surface area contributed by atoms with Crippen LogP contribution in [0.25, 0.3) is 0 Å². The smallest absolute Gasteiger partial charge is 0.335 e. The first-order valence-electron chi connectivity index (χ1n) is 8.22. The summed E-state index contributed by atoms with van der Waals surface area (Å²) >= 11 is 0. The third-order valence-electron chi connectivity index (χ3n) is 3.83. The molecule has 0 radical (unpaired) electrons. The minimum absolute atomic E-state index is 0.276. The van der Waals surface area contributed by atoms with Crippen LogP contribution >= 0.6 is 0 Å². The van der Waals surface area contributed by atoms with Gasteiger partial charge in [-0.05, 0) is 25.8 Å². The van der Waals surface area contributed by atoms with E-state index in [-0.39, 0.29) is 18.1 Å². The maximum Gasteiger partial charge on any atom is 0.335 e. The Hall–Kier alpha value is -2.90. The quantitative estimate of drug-likeness (QED) is 0.785. The van der Waals surface area contributed by atoms with Gasteiger partial charge in [-0.25, -0.2) is 9.78 Å². The molecule has 0 saturated carbocycles. The highest BCUT2D eigenvalue weighted by Gasteiger charge is 2.15. The molecule has 0 unspecified atom stereocenters. The second-order valence-corrected chi connectivity index (χ2v) is 5.75. The third kappa shape index (κ3) is 4.56. The number of nitrogens with zero attached hydrogens (tertiary/aromatic N) is 3. The molecule has 3 heterocycles. The highest BCUT2D eigenvalue weighted by Crippen LogP contribution is 2.21. The number of hydrogen-bond acceptors (Lipinski definition) is 7. The molecule has 2 aromatic rings. The van der Waals surface area contributed by atoms with Crippen LogP contribution in [0.4, 0.5) is 5.82 Å². The van der Waals surface area contributed by atoms with Crippen LogP contribution in [0.15, 0.2) is 33.7 Å². The molecule has 0 spiro atoms. The zero-order chi connectivity index (χ0) is 17.6. The molecular formula is C17H20N4O4. The lowest BCUT2D eigenvalue weighted by atomic mass is 10.3. The van der Waals surface area contributed by atoms with Gasteiger partial charge in [0.1, 0.15) is 24.5 Å². The fourth-order valence-corrected chi connectivity index (χ4v) is 2.62. The van der Waals surface area contributed by atoms with Crippen molar-refractivity contribution in [3.05, 3.63) is 46.3 Å². The molecule has 0 aromatic carbocycles. The first kappa shape index (κ1) is 16.9. The van der Waals surface area contributed by atoms with E-state index in [1.54, 1.807) is 0 Å². The number of ether oxygens (including phenoxy) is 1. The third-order valence-corrected chi connectivity index (χ3v) is 3.83. The molecule has 1 amide bonds. The van der Waals surface area contributed by atoms with Crippen LogP contribution in [0.2, 0.25) is 0 Å². The van der Waals surface area contributed by atoms with E-state index in [0.717, 1.165) is 25.2 Å². The van der Waals surface area contributed by atoms with Gasteiger partial charge in [0.15, 0.2) is 0 Å². The number of aryl methyl sites for hydroxylation is 1. The Balaban J connectivity index is 1.51. The van der Waals surface area contributed by atoms with E-state index in [2.05, 4.69) is 24.6 Å². The van der Waals surface area contributed by atoms with Gasteiger partial charge < -0.3 is 19.4 Å². The summed E-state index contributed by atoms with van der Waals surface area (Å²) in [4.78, 5) is 33.7. The summed E-state index contributed by atoms with van der Waals surface area (Å²) < 4.78 is 10.3. The van der Waals surface area contributed by atoms with Crippen molar-refractivity contribution in [3.63, 3.8) is 0 Å². The molecule has 1 fully saturated rings. The van der Waals surface area contributed by atoms with Gasteiger partial charge in [-0.1, -0.05) is 0 Å². The molecule has 8 heteroatoms. The van der Waals surface area contributed by atoms with E-state index in [1.165, 1.54) is 25.0 Å². The van der Waals surface area contributed by atoms with Gasteiger partial charge in [0, 0.05) is 25.2 Å². The number of nitrogens with one attached hydrogen (secondary N) is 1. The summed E-state index contributed by atoms with van der Waals surface area (Å²) in [5, 5.41) is 2.69. The summed E-state index contributed by atoms with van der Waals surface area (Å²) in [6.45, 7) is 4.41. The molecule has 25 heavy (non-hydrogen) atoms. The number of hydrogen-bond donors (Lipinski definition) is 1. The molecule has 0 atom stereocenters. The average molecular weight is 344 g/mol. The van der Waals surface area contributed by atoms with E-state index in [0.29, 0.717) is 18.2 Å². The average Bonchev–Trinajstić information content (AvgIpc) is 3.13. The van der Waals surface area contributed by atoms with Crippen molar-refractivity contribution in [2.75, 3.05) is 31.1 Å². The van der Waals surface area contributed by atoms with Crippen molar-refractivity contribution >= 4 is 11.7 Å². The van der Waals surface area contributed by atoms with Crippen LogP contribution < -0.4 is 20.6 Å². The lowest BCUT2D eigenvalue weighted by Crippen LogP contribution is -2.28. The van der Waals surface area contributed by atoms with Gasteiger partial charge in [-0.3, -0.25) is 4.79 Å². The summed E-state index contributed by atoms with van der Waals surface area (Å²) in [5.74, 6) is 1.70. The number of aromatic nitrogens is 2. The van der Waals surface area contributed by atoms with Crippen molar-refractivity contribution in [2.24, 2.45) is 0 Å². The summed E-state index contributed by atoms with van der Waals surface area (Å²) in [6.07, 6.45) is 3.48. The first-order valence-corrected chi connectivity index (χ1v) is 8.22.